The van der Waals surface area contributed by atoms with Gasteiger partial charge in [0.05, 0.1) is 16.9 Å². The van der Waals surface area contributed by atoms with Crippen LogP contribution in [-0.4, -0.2) is 55.6 Å². The van der Waals surface area contributed by atoms with Crippen LogP contribution in [0, 0.1) is 6.92 Å². The molecule has 0 fully saturated rings. The van der Waals surface area contributed by atoms with Gasteiger partial charge in [0, 0.05) is 18.5 Å². The van der Waals surface area contributed by atoms with Crippen molar-refractivity contribution in [1.29, 1.82) is 0 Å². The second-order valence-electron chi connectivity index (χ2n) is 8.19. The Kier molecular flexibility index (Phi) is 5.43. The Morgan fingerprint density at radius 2 is 1.71 bits per heavy atom. The predicted molar refractivity (Wildman–Crippen MR) is 117 cm³/mol. The summed E-state index contributed by atoms with van der Waals surface area (Å²) in [5.74, 6) is -1.85. The number of anilines is 1. The molecule has 7 nitrogen and oxygen atoms in total. The van der Waals surface area contributed by atoms with E-state index in [9.17, 15) is 22.8 Å². The molecule has 8 heteroatoms. The summed E-state index contributed by atoms with van der Waals surface area (Å²) in [5, 5.41) is 0. The molecule has 0 saturated carbocycles. The van der Waals surface area contributed by atoms with Gasteiger partial charge in [0.15, 0.2) is 0 Å². The molecule has 0 saturated heterocycles. The number of imide groups is 1. The zero-order valence-corrected chi connectivity index (χ0v) is 18.3. The normalized spacial score (nSPS) is 16.8. The molecule has 4 rings (SSSR count). The van der Waals surface area contributed by atoms with Gasteiger partial charge in [-0.25, -0.2) is 8.42 Å². The Hall–Kier alpha value is -3.00. The zero-order chi connectivity index (χ0) is 22.3. The highest BCUT2D eigenvalue weighted by molar-refractivity contribution is 7.90. The predicted octanol–water partition coefficient (Wildman–Crippen LogP) is 2.37. The van der Waals surface area contributed by atoms with Crippen LogP contribution in [-0.2, 0) is 21.1 Å². The van der Waals surface area contributed by atoms with E-state index in [-0.39, 0.29) is 23.3 Å². The fraction of sp³-hybridized carbons (Fsp3) is 0.348. The van der Waals surface area contributed by atoms with E-state index in [1.165, 1.54) is 0 Å². The van der Waals surface area contributed by atoms with Crippen molar-refractivity contribution in [2.45, 2.75) is 32.2 Å². The van der Waals surface area contributed by atoms with Crippen LogP contribution in [0.2, 0.25) is 0 Å². The summed E-state index contributed by atoms with van der Waals surface area (Å²) < 4.78 is 23.7. The second kappa shape index (κ2) is 7.92. The highest BCUT2D eigenvalue weighted by Crippen LogP contribution is 2.32. The minimum absolute atomic E-state index is 0.138. The minimum Gasteiger partial charge on any atom is -0.310 e. The molecule has 0 unspecified atom stereocenters. The molecular formula is C23H24N2O5S. The Balaban J connectivity index is 1.72. The maximum atomic E-state index is 13.7. The summed E-state index contributed by atoms with van der Waals surface area (Å²) in [5.41, 5.74) is 3.34. The third-order valence-corrected chi connectivity index (χ3v) is 6.78. The van der Waals surface area contributed by atoms with Gasteiger partial charge in [-0.05, 0) is 49.9 Å². The molecule has 3 amide bonds. The number of sulfone groups is 1. The first-order valence-corrected chi connectivity index (χ1v) is 12.3. The van der Waals surface area contributed by atoms with Crippen LogP contribution in [0.15, 0.2) is 42.5 Å². The first-order chi connectivity index (χ1) is 14.7. The van der Waals surface area contributed by atoms with Gasteiger partial charge >= 0.3 is 0 Å². The summed E-state index contributed by atoms with van der Waals surface area (Å²) in [7, 11) is -3.40. The molecule has 0 radical (unpaired) electrons. The number of rotatable bonds is 5. The SMILES string of the molecule is Cc1ccc2c(c1)CCCN2C(=O)[C@H](CCS(C)(=O)=O)N1C(=O)c2ccccc2C1=O. The summed E-state index contributed by atoms with van der Waals surface area (Å²) in [6, 6.07) is 11.0. The van der Waals surface area contributed by atoms with Crippen LogP contribution in [0.4, 0.5) is 5.69 Å². The van der Waals surface area contributed by atoms with E-state index in [4.69, 9.17) is 0 Å². The van der Waals surface area contributed by atoms with Crippen LogP contribution in [0.5, 0.6) is 0 Å². The standard InChI is InChI=1S/C23H24N2O5S/c1-15-9-10-19-16(14-15)6-5-12-24(19)23(28)20(11-13-31(2,29)30)25-21(26)17-7-3-4-8-18(17)22(25)27/h3-4,7-10,14,20H,5-6,11-13H2,1-2H3/t20-/m0/s1. The van der Waals surface area contributed by atoms with Gasteiger partial charge in [0.2, 0.25) is 5.91 Å². The summed E-state index contributed by atoms with van der Waals surface area (Å²) >= 11 is 0. The molecule has 2 heterocycles. The average Bonchev–Trinajstić information content (AvgIpc) is 2.98. The van der Waals surface area contributed by atoms with Crippen molar-refractivity contribution in [2.24, 2.45) is 0 Å². The highest BCUT2D eigenvalue weighted by Gasteiger charge is 2.44. The largest absolute Gasteiger partial charge is 0.310 e. The fourth-order valence-corrected chi connectivity index (χ4v) is 4.97. The summed E-state index contributed by atoms with van der Waals surface area (Å²) in [6.45, 7) is 2.43. The number of nitrogens with zero attached hydrogens (tertiary/aromatic N) is 2. The van der Waals surface area contributed by atoms with E-state index in [2.05, 4.69) is 0 Å². The molecule has 0 spiro atoms. The number of fused-ring (bicyclic) bond motifs is 2. The molecule has 0 aromatic heterocycles. The van der Waals surface area contributed by atoms with Crippen LogP contribution < -0.4 is 4.90 Å². The molecule has 1 atom stereocenters. The van der Waals surface area contributed by atoms with E-state index in [0.717, 1.165) is 40.8 Å². The van der Waals surface area contributed by atoms with Crippen molar-refractivity contribution < 1.29 is 22.8 Å². The zero-order valence-electron chi connectivity index (χ0n) is 17.5. The third kappa shape index (κ3) is 3.99. The second-order valence-corrected chi connectivity index (χ2v) is 10.4. The molecule has 2 aliphatic rings. The molecule has 0 bridgehead atoms. The topological polar surface area (TPSA) is 91.8 Å². The van der Waals surface area contributed by atoms with E-state index in [0.29, 0.717) is 6.54 Å². The number of carbonyl (C=O) groups excluding carboxylic acids is 3. The Labute approximate surface area is 181 Å². The van der Waals surface area contributed by atoms with Crippen molar-refractivity contribution in [3.8, 4) is 0 Å². The lowest BCUT2D eigenvalue weighted by atomic mass is 9.98. The number of benzene rings is 2. The molecule has 2 aliphatic heterocycles. The fourth-order valence-electron chi connectivity index (χ4n) is 4.31. The van der Waals surface area contributed by atoms with Crippen molar-refractivity contribution in [2.75, 3.05) is 23.5 Å². The van der Waals surface area contributed by atoms with Crippen LogP contribution >= 0.6 is 0 Å². The first-order valence-electron chi connectivity index (χ1n) is 10.2. The number of hydrogen-bond acceptors (Lipinski definition) is 5. The van der Waals surface area contributed by atoms with Crippen molar-refractivity contribution in [3.63, 3.8) is 0 Å². The number of aryl methyl sites for hydroxylation is 2. The lowest BCUT2D eigenvalue weighted by Gasteiger charge is -2.35. The van der Waals surface area contributed by atoms with Gasteiger partial charge in [0.25, 0.3) is 11.8 Å². The van der Waals surface area contributed by atoms with Gasteiger partial charge < -0.3 is 4.90 Å². The number of carbonyl (C=O) groups is 3. The maximum absolute atomic E-state index is 13.7. The Morgan fingerprint density at radius 3 is 2.32 bits per heavy atom. The van der Waals surface area contributed by atoms with E-state index in [1.54, 1.807) is 29.2 Å². The molecule has 2 aromatic rings. The molecule has 0 N–H and O–H groups in total. The van der Waals surface area contributed by atoms with Gasteiger partial charge in [-0.2, -0.15) is 0 Å². The molecular weight excluding hydrogens is 416 g/mol. The van der Waals surface area contributed by atoms with E-state index < -0.39 is 33.6 Å². The highest BCUT2D eigenvalue weighted by atomic mass is 32.2. The van der Waals surface area contributed by atoms with Crippen LogP contribution in [0.25, 0.3) is 0 Å². The van der Waals surface area contributed by atoms with Gasteiger partial charge in [0.1, 0.15) is 15.9 Å². The quantitative estimate of drug-likeness (QED) is 0.666. The lowest BCUT2D eigenvalue weighted by Crippen LogP contribution is -2.52. The van der Waals surface area contributed by atoms with Crippen LogP contribution in [0.1, 0.15) is 44.7 Å². The molecule has 0 aliphatic carbocycles. The first kappa shape index (κ1) is 21.2. The monoisotopic (exact) mass is 440 g/mol. The van der Waals surface area contributed by atoms with Gasteiger partial charge in [-0.15, -0.1) is 0 Å². The van der Waals surface area contributed by atoms with E-state index in [1.807, 2.05) is 25.1 Å². The minimum atomic E-state index is -3.40. The summed E-state index contributed by atoms with van der Waals surface area (Å²) in [4.78, 5) is 42.3. The van der Waals surface area contributed by atoms with Gasteiger partial charge in [-0.3, -0.25) is 19.3 Å². The van der Waals surface area contributed by atoms with Gasteiger partial charge in [-0.1, -0.05) is 29.8 Å². The maximum Gasteiger partial charge on any atom is 0.262 e. The Bertz CT molecular complexity index is 1150. The Morgan fingerprint density at radius 1 is 1.06 bits per heavy atom. The number of hydrogen-bond donors (Lipinski definition) is 0. The molecule has 31 heavy (non-hydrogen) atoms. The van der Waals surface area contributed by atoms with E-state index >= 15 is 0 Å². The molecule has 162 valence electrons. The lowest BCUT2D eigenvalue weighted by molar-refractivity contribution is -0.122. The third-order valence-electron chi connectivity index (χ3n) is 5.80. The van der Waals surface area contributed by atoms with Crippen molar-refractivity contribution >= 4 is 33.2 Å². The summed E-state index contributed by atoms with van der Waals surface area (Å²) in [6.07, 6.45) is 2.53. The van der Waals surface area contributed by atoms with Crippen molar-refractivity contribution in [3.05, 3.63) is 64.7 Å². The smallest absolute Gasteiger partial charge is 0.262 e. The molecule has 2 aromatic carbocycles. The average molecular weight is 441 g/mol. The number of amides is 3. The van der Waals surface area contributed by atoms with Crippen LogP contribution in [0.3, 0.4) is 0 Å². The van der Waals surface area contributed by atoms with Crippen molar-refractivity contribution in [1.82, 2.24) is 4.90 Å².